The van der Waals surface area contributed by atoms with E-state index in [0.29, 0.717) is 33.5 Å². The summed E-state index contributed by atoms with van der Waals surface area (Å²) in [5, 5.41) is 17.7. The zero-order valence-corrected chi connectivity index (χ0v) is 21.1. The monoisotopic (exact) mass is 503 g/mol. The van der Waals surface area contributed by atoms with Crippen LogP contribution in [-0.4, -0.2) is 20.9 Å². The third kappa shape index (κ3) is 4.44. The van der Waals surface area contributed by atoms with Crippen molar-refractivity contribution in [2.45, 2.75) is 26.8 Å². The molecule has 1 unspecified atom stereocenters. The second kappa shape index (κ2) is 9.75. The number of para-hydroxylation sites is 1. The zero-order chi connectivity index (χ0) is 27.0. The Balaban J connectivity index is 1.64. The normalized spacial score (nSPS) is 11.7. The van der Waals surface area contributed by atoms with Gasteiger partial charge in [-0.25, -0.2) is 9.48 Å². The SMILES string of the molecule is C#Cc1cnn(-c2cccc(-c3oc4c(C(C)Nc5ccccc5C(=O)O)cc(C)cc4c(=O)c3C)c2)c1. The fourth-order valence-corrected chi connectivity index (χ4v) is 4.60. The van der Waals surface area contributed by atoms with Gasteiger partial charge in [0.25, 0.3) is 0 Å². The van der Waals surface area contributed by atoms with Gasteiger partial charge >= 0.3 is 5.97 Å². The number of carboxylic acids is 1. The molecule has 5 aromatic rings. The van der Waals surface area contributed by atoms with Gasteiger partial charge in [0, 0.05) is 28.6 Å². The highest BCUT2D eigenvalue weighted by Crippen LogP contribution is 2.33. The Labute approximate surface area is 219 Å². The fourth-order valence-electron chi connectivity index (χ4n) is 4.60. The van der Waals surface area contributed by atoms with E-state index in [1.54, 1.807) is 48.3 Å². The number of aromatic carboxylic acids is 1. The molecule has 0 aliphatic rings. The fraction of sp³-hybridized carbons (Fsp3) is 0.129. The summed E-state index contributed by atoms with van der Waals surface area (Å²) in [6.45, 7) is 5.58. The van der Waals surface area contributed by atoms with Gasteiger partial charge in [-0.1, -0.05) is 36.3 Å². The Morgan fingerprint density at radius 1 is 1.13 bits per heavy atom. The zero-order valence-electron chi connectivity index (χ0n) is 21.1. The average molecular weight is 504 g/mol. The molecule has 2 heterocycles. The van der Waals surface area contributed by atoms with Gasteiger partial charge < -0.3 is 14.8 Å². The van der Waals surface area contributed by atoms with E-state index < -0.39 is 5.97 Å². The molecule has 0 amide bonds. The summed E-state index contributed by atoms with van der Waals surface area (Å²) >= 11 is 0. The second-order valence-electron chi connectivity index (χ2n) is 9.20. The number of hydrogen-bond donors (Lipinski definition) is 2. The summed E-state index contributed by atoms with van der Waals surface area (Å²) in [5.74, 6) is 2.00. The summed E-state index contributed by atoms with van der Waals surface area (Å²) < 4.78 is 8.16. The van der Waals surface area contributed by atoms with E-state index in [2.05, 4.69) is 16.3 Å². The lowest BCUT2D eigenvalue weighted by Gasteiger charge is -2.20. The van der Waals surface area contributed by atoms with Crippen LogP contribution in [0.4, 0.5) is 5.69 Å². The van der Waals surface area contributed by atoms with Crippen LogP contribution in [0, 0.1) is 26.2 Å². The van der Waals surface area contributed by atoms with Crippen LogP contribution in [-0.2, 0) is 0 Å². The van der Waals surface area contributed by atoms with E-state index in [-0.39, 0.29) is 17.0 Å². The summed E-state index contributed by atoms with van der Waals surface area (Å²) in [7, 11) is 0. The van der Waals surface area contributed by atoms with E-state index in [4.69, 9.17) is 10.8 Å². The van der Waals surface area contributed by atoms with Crippen molar-refractivity contribution in [2.75, 3.05) is 5.32 Å². The molecule has 0 radical (unpaired) electrons. The topological polar surface area (TPSA) is 97.4 Å². The van der Waals surface area contributed by atoms with Crippen molar-refractivity contribution >= 4 is 22.6 Å². The Hall–Kier alpha value is -5.09. The molecule has 2 N–H and O–H groups in total. The summed E-state index contributed by atoms with van der Waals surface area (Å²) in [4.78, 5) is 25.3. The second-order valence-corrected chi connectivity index (χ2v) is 9.20. The molecule has 0 aliphatic carbocycles. The quantitative estimate of drug-likeness (QED) is 0.271. The summed E-state index contributed by atoms with van der Waals surface area (Å²) in [6.07, 6.45) is 8.85. The van der Waals surface area contributed by atoms with Gasteiger partial charge in [0.05, 0.1) is 34.4 Å². The Bertz CT molecular complexity index is 1810. The number of fused-ring (bicyclic) bond motifs is 1. The Kier molecular flexibility index (Phi) is 6.31. The number of terminal acetylenes is 1. The molecule has 2 aromatic heterocycles. The first-order valence-corrected chi connectivity index (χ1v) is 12.1. The maximum absolute atomic E-state index is 13.6. The summed E-state index contributed by atoms with van der Waals surface area (Å²) in [5.41, 5.74) is 5.28. The average Bonchev–Trinajstić information content (AvgIpc) is 3.40. The van der Waals surface area contributed by atoms with Crippen molar-refractivity contribution in [2.24, 2.45) is 0 Å². The molecule has 38 heavy (non-hydrogen) atoms. The van der Waals surface area contributed by atoms with Crippen molar-refractivity contribution in [3.05, 3.63) is 111 Å². The van der Waals surface area contributed by atoms with Crippen molar-refractivity contribution in [1.29, 1.82) is 0 Å². The third-order valence-electron chi connectivity index (χ3n) is 6.51. The van der Waals surface area contributed by atoms with E-state index in [0.717, 1.165) is 22.4 Å². The van der Waals surface area contributed by atoms with E-state index >= 15 is 0 Å². The molecule has 0 aliphatic heterocycles. The maximum atomic E-state index is 13.6. The van der Waals surface area contributed by atoms with E-state index in [9.17, 15) is 14.7 Å². The smallest absolute Gasteiger partial charge is 0.337 e. The van der Waals surface area contributed by atoms with Crippen molar-refractivity contribution in [1.82, 2.24) is 9.78 Å². The number of nitrogens with zero attached hydrogens (tertiary/aromatic N) is 2. The number of aromatic nitrogens is 2. The third-order valence-corrected chi connectivity index (χ3v) is 6.51. The van der Waals surface area contributed by atoms with Gasteiger partial charge in [-0.05, 0) is 56.7 Å². The van der Waals surface area contributed by atoms with Gasteiger partial charge in [-0.15, -0.1) is 6.42 Å². The number of rotatable bonds is 6. The number of aryl methyl sites for hydroxylation is 1. The lowest BCUT2D eigenvalue weighted by molar-refractivity contribution is 0.0698. The van der Waals surface area contributed by atoms with Crippen LogP contribution in [0.1, 0.15) is 45.6 Å². The Morgan fingerprint density at radius 3 is 2.66 bits per heavy atom. The van der Waals surface area contributed by atoms with Gasteiger partial charge in [0.15, 0.2) is 5.43 Å². The van der Waals surface area contributed by atoms with Crippen LogP contribution < -0.4 is 10.7 Å². The first-order chi connectivity index (χ1) is 18.3. The first kappa shape index (κ1) is 24.6. The van der Waals surface area contributed by atoms with Crippen LogP contribution in [0.2, 0.25) is 0 Å². The molecular weight excluding hydrogens is 478 g/mol. The highest BCUT2D eigenvalue weighted by Gasteiger charge is 2.20. The molecule has 0 saturated carbocycles. The molecule has 0 bridgehead atoms. The van der Waals surface area contributed by atoms with Crippen LogP contribution in [0.3, 0.4) is 0 Å². The van der Waals surface area contributed by atoms with Gasteiger partial charge in [-0.3, -0.25) is 4.79 Å². The van der Waals surface area contributed by atoms with E-state index in [1.807, 2.05) is 50.2 Å². The molecule has 5 rings (SSSR count). The van der Waals surface area contributed by atoms with Crippen LogP contribution in [0.25, 0.3) is 28.0 Å². The van der Waals surface area contributed by atoms with Crippen molar-refractivity contribution in [3.63, 3.8) is 0 Å². The molecule has 0 saturated heterocycles. The predicted molar refractivity (Wildman–Crippen MR) is 148 cm³/mol. The molecule has 3 aromatic carbocycles. The molecule has 188 valence electrons. The number of carbonyl (C=O) groups is 1. The predicted octanol–water partition coefficient (Wildman–Crippen LogP) is 6.12. The molecule has 1 atom stereocenters. The van der Waals surface area contributed by atoms with Gasteiger partial charge in [-0.2, -0.15) is 5.10 Å². The highest BCUT2D eigenvalue weighted by molar-refractivity contribution is 5.94. The molecule has 7 nitrogen and oxygen atoms in total. The van der Waals surface area contributed by atoms with Crippen LogP contribution >= 0.6 is 0 Å². The highest BCUT2D eigenvalue weighted by atomic mass is 16.4. The van der Waals surface area contributed by atoms with Crippen LogP contribution in [0.15, 0.2) is 82.3 Å². The maximum Gasteiger partial charge on any atom is 0.337 e. The van der Waals surface area contributed by atoms with Gasteiger partial charge in [0.1, 0.15) is 11.3 Å². The molecule has 0 spiro atoms. The minimum Gasteiger partial charge on any atom is -0.478 e. The largest absolute Gasteiger partial charge is 0.478 e. The van der Waals surface area contributed by atoms with Crippen molar-refractivity contribution in [3.8, 4) is 29.4 Å². The Morgan fingerprint density at radius 2 is 1.92 bits per heavy atom. The lowest BCUT2D eigenvalue weighted by Crippen LogP contribution is -2.14. The van der Waals surface area contributed by atoms with Crippen molar-refractivity contribution < 1.29 is 14.3 Å². The molecule has 0 fully saturated rings. The molecular formula is C31H25N3O4. The minimum atomic E-state index is -1.02. The first-order valence-electron chi connectivity index (χ1n) is 12.1. The van der Waals surface area contributed by atoms with Gasteiger partial charge in [0.2, 0.25) is 0 Å². The van der Waals surface area contributed by atoms with Crippen LogP contribution in [0.5, 0.6) is 0 Å². The number of nitrogens with one attached hydrogen (secondary N) is 1. The number of benzene rings is 3. The standard InChI is InChI=1S/C31H25N3O4/c1-5-21-16-32-34(17-21)23-10-8-9-22(15-23)29-19(3)28(35)26-14-18(2)13-25(30(26)38-29)20(4)33-27-12-7-6-11-24(27)31(36)37/h1,6-17,20,33H,2-4H3,(H,36,37). The summed E-state index contributed by atoms with van der Waals surface area (Å²) in [6, 6.07) is 17.7. The minimum absolute atomic E-state index is 0.122. The number of hydrogen-bond acceptors (Lipinski definition) is 5. The lowest BCUT2D eigenvalue weighted by atomic mass is 9.98. The molecule has 7 heteroatoms. The van der Waals surface area contributed by atoms with E-state index in [1.165, 1.54) is 0 Å². The number of anilines is 1. The number of carboxylic acid groups (broad SMARTS) is 1.